The van der Waals surface area contributed by atoms with Crippen molar-refractivity contribution in [2.75, 3.05) is 0 Å². The van der Waals surface area contributed by atoms with Gasteiger partial charge in [-0.2, -0.15) is 0 Å². The van der Waals surface area contributed by atoms with Crippen LogP contribution >= 0.6 is 11.3 Å². The van der Waals surface area contributed by atoms with Gasteiger partial charge in [-0.1, -0.05) is 12.5 Å². The average Bonchev–Trinajstić information content (AvgIpc) is 2.43. The van der Waals surface area contributed by atoms with E-state index in [4.69, 9.17) is 4.98 Å². The van der Waals surface area contributed by atoms with Gasteiger partial charge in [0.25, 0.3) is 0 Å². The molecule has 2 heteroatoms. The van der Waals surface area contributed by atoms with Gasteiger partial charge in [-0.25, -0.2) is 4.98 Å². The number of rotatable bonds is 1. The highest BCUT2D eigenvalue weighted by Gasteiger charge is 2.24. The van der Waals surface area contributed by atoms with Crippen LogP contribution in [0.25, 0.3) is 6.08 Å². The van der Waals surface area contributed by atoms with Crippen molar-refractivity contribution >= 4 is 17.4 Å². The molecule has 0 amide bonds. The van der Waals surface area contributed by atoms with Gasteiger partial charge < -0.3 is 0 Å². The number of aryl methyl sites for hydroxylation is 1. The third kappa shape index (κ3) is 1.24. The van der Waals surface area contributed by atoms with Crippen molar-refractivity contribution in [3.63, 3.8) is 0 Å². The number of aromatic nitrogens is 1. The lowest BCUT2D eigenvalue weighted by Crippen LogP contribution is -2.07. The van der Waals surface area contributed by atoms with Crippen molar-refractivity contribution in [1.82, 2.24) is 4.98 Å². The number of hydrogen-bond acceptors (Lipinski definition) is 2. The van der Waals surface area contributed by atoms with Crippen molar-refractivity contribution in [3.05, 3.63) is 21.7 Å². The van der Waals surface area contributed by atoms with Gasteiger partial charge >= 0.3 is 0 Å². The molecular formula is C11H13NS. The maximum absolute atomic E-state index is 4.70. The molecule has 0 unspecified atom stereocenters. The van der Waals surface area contributed by atoms with Crippen molar-refractivity contribution in [2.45, 2.75) is 38.0 Å². The zero-order chi connectivity index (χ0) is 8.67. The maximum Gasteiger partial charge on any atom is 0.0966 e. The van der Waals surface area contributed by atoms with Crippen LogP contribution < -0.4 is 0 Å². The highest BCUT2D eigenvalue weighted by atomic mass is 32.1. The summed E-state index contributed by atoms with van der Waals surface area (Å²) in [6.45, 7) is 0. The third-order valence-corrected chi connectivity index (χ3v) is 4.31. The average molecular weight is 191 g/mol. The molecule has 0 aromatic carbocycles. The molecule has 2 aliphatic rings. The van der Waals surface area contributed by atoms with E-state index in [9.17, 15) is 0 Å². The molecule has 1 aromatic rings. The molecule has 0 aliphatic heterocycles. The topological polar surface area (TPSA) is 12.9 Å². The summed E-state index contributed by atoms with van der Waals surface area (Å²) in [4.78, 5) is 6.22. The van der Waals surface area contributed by atoms with E-state index in [0.717, 1.165) is 5.92 Å². The Morgan fingerprint density at radius 2 is 2.31 bits per heavy atom. The molecule has 0 saturated heterocycles. The Morgan fingerprint density at radius 3 is 3.00 bits per heavy atom. The first-order valence-corrected chi connectivity index (χ1v) is 5.91. The minimum absolute atomic E-state index is 0.809. The molecule has 1 saturated carbocycles. The molecule has 0 N–H and O–H groups in total. The van der Waals surface area contributed by atoms with Crippen LogP contribution in [-0.4, -0.2) is 4.98 Å². The van der Waals surface area contributed by atoms with Gasteiger partial charge in [0, 0.05) is 10.8 Å². The Balaban J connectivity index is 1.95. The van der Waals surface area contributed by atoms with Gasteiger partial charge in [-0.05, 0) is 31.8 Å². The zero-order valence-corrected chi connectivity index (χ0v) is 8.44. The third-order valence-electron chi connectivity index (χ3n) is 3.01. The predicted molar refractivity (Wildman–Crippen MR) is 56.1 cm³/mol. The SMILES string of the molecule is C1=Cc2nc(C3CCC3)sc2CC1. The number of hydrogen-bond donors (Lipinski definition) is 0. The summed E-state index contributed by atoms with van der Waals surface area (Å²) >= 11 is 1.96. The van der Waals surface area contributed by atoms with Gasteiger partial charge in [0.05, 0.1) is 10.7 Å². The highest BCUT2D eigenvalue weighted by molar-refractivity contribution is 7.12. The Morgan fingerprint density at radius 1 is 1.38 bits per heavy atom. The molecule has 1 fully saturated rings. The summed E-state index contributed by atoms with van der Waals surface area (Å²) in [5.41, 5.74) is 1.26. The fourth-order valence-electron chi connectivity index (χ4n) is 1.93. The first kappa shape index (κ1) is 7.74. The first-order valence-electron chi connectivity index (χ1n) is 5.09. The maximum atomic E-state index is 4.70. The molecular weight excluding hydrogens is 178 g/mol. The summed E-state index contributed by atoms with van der Waals surface area (Å²) in [6, 6.07) is 0. The quantitative estimate of drug-likeness (QED) is 0.663. The minimum Gasteiger partial charge on any atom is -0.241 e. The molecule has 1 heterocycles. The number of nitrogens with zero attached hydrogens (tertiary/aromatic N) is 1. The van der Waals surface area contributed by atoms with Gasteiger partial charge in [0.1, 0.15) is 0 Å². The van der Waals surface area contributed by atoms with Crippen LogP contribution in [0.2, 0.25) is 0 Å². The van der Waals surface area contributed by atoms with Crippen LogP contribution in [-0.2, 0) is 6.42 Å². The van der Waals surface area contributed by atoms with Crippen LogP contribution in [0.3, 0.4) is 0 Å². The largest absolute Gasteiger partial charge is 0.241 e. The Bertz CT molecular complexity index is 347. The van der Waals surface area contributed by atoms with Crippen LogP contribution in [0.15, 0.2) is 6.08 Å². The van der Waals surface area contributed by atoms with E-state index in [-0.39, 0.29) is 0 Å². The summed E-state index contributed by atoms with van der Waals surface area (Å²) in [5, 5.41) is 1.41. The van der Waals surface area contributed by atoms with E-state index in [1.165, 1.54) is 47.7 Å². The second kappa shape index (κ2) is 2.95. The van der Waals surface area contributed by atoms with Gasteiger partial charge in [0.15, 0.2) is 0 Å². The lowest BCUT2D eigenvalue weighted by molar-refractivity contribution is 0.418. The van der Waals surface area contributed by atoms with Gasteiger partial charge in [0.2, 0.25) is 0 Å². The van der Waals surface area contributed by atoms with E-state index in [1.807, 2.05) is 11.3 Å². The van der Waals surface area contributed by atoms with Crippen LogP contribution in [0, 0.1) is 0 Å². The van der Waals surface area contributed by atoms with E-state index < -0.39 is 0 Å². The summed E-state index contributed by atoms with van der Waals surface area (Å²) in [6.07, 6.45) is 11.0. The first-order chi connectivity index (χ1) is 6.43. The lowest BCUT2D eigenvalue weighted by atomic mass is 9.86. The number of allylic oxidation sites excluding steroid dienone is 1. The van der Waals surface area contributed by atoms with Crippen molar-refractivity contribution < 1.29 is 0 Å². The minimum atomic E-state index is 0.809. The van der Waals surface area contributed by atoms with Crippen molar-refractivity contribution in [1.29, 1.82) is 0 Å². The normalized spacial score (nSPS) is 21.2. The standard InChI is InChI=1S/C11H13NS/c1-2-7-10-9(6-1)12-11(13-10)8-4-3-5-8/h1,6,8H,2-5,7H2. The van der Waals surface area contributed by atoms with Crippen LogP contribution in [0.4, 0.5) is 0 Å². The monoisotopic (exact) mass is 191 g/mol. The summed E-state index contributed by atoms with van der Waals surface area (Å²) in [5.74, 6) is 0.809. The lowest BCUT2D eigenvalue weighted by Gasteiger charge is -2.22. The second-order valence-corrected chi connectivity index (χ2v) is 5.04. The van der Waals surface area contributed by atoms with E-state index in [2.05, 4.69) is 12.2 Å². The molecule has 0 atom stereocenters. The molecule has 0 bridgehead atoms. The molecule has 13 heavy (non-hydrogen) atoms. The Hall–Kier alpha value is -0.630. The Kier molecular flexibility index (Phi) is 1.76. The fraction of sp³-hybridized carbons (Fsp3) is 0.545. The van der Waals surface area contributed by atoms with Crippen LogP contribution in [0.1, 0.15) is 47.2 Å². The van der Waals surface area contributed by atoms with Crippen molar-refractivity contribution in [2.24, 2.45) is 0 Å². The summed E-state index contributed by atoms with van der Waals surface area (Å²) < 4.78 is 0. The molecule has 2 aliphatic carbocycles. The molecule has 68 valence electrons. The number of fused-ring (bicyclic) bond motifs is 1. The second-order valence-electron chi connectivity index (χ2n) is 3.93. The molecule has 3 rings (SSSR count). The zero-order valence-electron chi connectivity index (χ0n) is 7.62. The highest BCUT2D eigenvalue weighted by Crippen LogP contribution is 2.40. The predicted octanol–water partition coefficient (Wildman–Crippen LogP) is 3.37. The molecule has 0 spiro atoms. The van der Waals surface area contributed by atoms with Gasteiger partial charge in [-0.3, -0.25) is 0 Å². The van der Waals surface area contributed by atoms with E-state index >= 15 is 0 Å². The van der Waals surface area contributed by atoms with E-state index in [1.54, 1.807) is 0 Å². The van der Waals surface area contributed by atoms with Crippen LogP contribution in [0.5, 0.6) is 0 Å². The molecule has 1 aromatic heterocycles. The van der Waals surface area contributed by atoms with Crippen molar-refractivity contribution in [3.8, 4) is 0 Å². The van der Waals surface area contributed by atoms with Gasteiger partial charge in [-0.15, -0.1) is 11.3 Å². The molecule has 0 radical (unpaired) electrons. The summed E-state index contributed by atoms with van der Waals surface area (Å²) in [7, 11) is 0. The Labute approximate surface area is 82.5 Å². The molecule has 1 nitrogen and oxygen atoms in total. The number of thiazole rings is 1. The van der Waals surface area contributed by atoms with E-state index in [0.29, 0.717) is 0 Å². The smallest absolute Gasteiger partial charge is 0.0966 e. The fourth-order valence-corrected chi connectivity index (χ4v) is 3.17.